The Morgan fingerprint density at radius 1 is 1.00 bits per heavy atom. The van der Waals surface area contributed by atoms with Gasteiger partial charge in [0.15, 0.2) is 0 Å². The number of hydrogen-bond acceptors (Lipinski definition) is 0. The molecule has 1 aliphatic carbocycles. The predicted octanol–water partition coefficient (Wildman–Crippen LogP) is 4.35. The number of alkyl halides is 1. The van der Waals surface area contributed by atoms with E-state index in [1.807, 2.05) is 0 Å². The lowest BCUT2D eigenvalue weighted by molar-refractivity contribution is 0.457. The van der Waals surface area contributed by atoms with Gasteiger partial charge < -0.3 is 0 Å². The molecule has 0 bridgehead atoms. The molecule has 1 saturated carbocycles. The van der Waals surface area contributed by atoms with Crippen molar-refractivity contribution in [3.63, 3.8) is 0 Å². The Bertz CT molecular complexity index is 220. The van der Waals surface area contributed by atoms with E-state index in [9.17, 15) is 0 Å². The lowest BCUT2D eigenvalue weighted by atomic mass is 10.0. The first-order valence-electron chi connectivity index (χ1n) is 3.89. The summed E-state index contributed by atoms with van der Waals surface area (Å²) in [4.78, 5) is -0.390. The van der Waals surface area contributed by atoms with Gasteiger partial charge in [0.1, 0.15) is 4.49 Å². The third kappa shape index (κ3) is 1.05. The quantitative estimate of drug-likeness (QED) is 0.584. The highest BCUT2D eigenvalue weighted by molar-refractivity contribution is 6.56. The maximum Gasteiger partial charge on any atom is 0.104 e. The average Bonchev–Trinajstić information content (AvgIpc) is 2.08. The Balaban J connectivity index is 3.01. The van der Waals surface area contributed by atoms with Crippen LogP contribution in [0, 0.1) is 10.8 Å². The van der Waals surface area contributed by atoms with E-state index < -0.39 is 4.87 Å². The third-order valence-electron chi connectivity index (χ3n) is 3.63. The molecule has 12 heavy (non-hydrogen) atoms. The summed E-state index contributed by atoms with van der Waals surface area (Å²) in [6, 6.07) is 0. The summed E-state index contributed by atoms with van der Waals surface area (Å²) in [7, 11) is 0. The van der Waals surface area contributed by atoms with Gasteiger partial charge in [-0.25, -0.2) is 0 Å². The standard InChI is InChI=1S/C9H13Cl3/c1-7(2)8(3,4)9(7,12)5-6(10)11/h5H,1-4H3. The van der Waals surface area contributed by atoms with Crippen molar-refractivity contribution in [1.29, 1.82) is 0 Å². The molecule has 0 aromatic carbocycles. The minimum atomic E-state index is -0.390. The molecule has 1 rings (SSSR count). The van der Waals surface area contributed by atoms with Gasteiger partial charge in [0.25, 0.3) is 0 Å². The Labute approximate surface area is 88.9 Å². The van der Waals surface area contributed by atoms with Crippen LogP contribution in [0.15, 0.2) is 10.6 Å². The summed E-state index contributed by atoms with van der Waals surface area (Å²) < 4.78 is 0.253. The average molecular weight is 228 g/mol. The molecule has 0 N–H and O–H groups in total. The molecule has 0 atom stereocenters. The van der Waals surface area contributed by atoms with Crippen LogP contribution in [0.5, 0.6) is 0 Å². The molecule has 1 fully saturated rings. The summed E-state index contributed by atoms with van der Waals surface area (Å²) in [6.45, 7) is 8.47. The van der Waals surface area contributed by atoms with Crippen molar-refractivity contribution >= 4 is 34.8 Å². The number of halogens is 3. The molecule has 0 radical (unpaired) electrons. The van der Waals surface area contributed by atoms with Crippen LogP contribution in [0.3, 0.4) is 0 Å². The molecule has 0 spiro atoms. The van der Waals surface area contributed by atoms with E-state index in [2.05, 4.69) is 27.7 Å². The largest absolute Gasteiger partial charge is 0.113 e. The molecular formula is C9H13Cl3. The molecule has 0 heterocycles. The van der Waals surface area contributed by atoms with Gasteiger partial charge in [-0.15, -0.1) is 11.6 Å². The van der Waals surface area contributed by atoms with Gasteiger partial charge in [-0.3, -0.25) is 0 Å². The first kappa shape index (κ1) is 10.7. The maximum atomic E-state index is 6.38. The SMILES string of the molecule is CC1(C)C(C)(C)C1(Cl)C=C(Cl)Cl. The van der Waals surface area contributed by atoms with Crippen LogP contribution in [0.25, 0.3) is 0 Å². The van der Waals surface area contributed by atoms with E-state index >= 15 is 0 Å². The van der Waals surface area contributed by atoms with Gasteiger partial charge in [-0.05, 0) is 16.9 Å². The van der Waals surface area contributed by atoms with Gasteiger partial charge in [0.05, 0.1) is 4.87 Å². The lowest BCUT2D eigenvalue weighted by Gasteiger charge is -2.05. The van der Waals surface area contributed by atoms with Crippen LogP contribution < -0.4 is 0 Å². The Kier molecular flexibility index (Phi) is 2.28. The second kappa shape index (κ2) is 2.56. The van der Waals surface area contributed by atoms with Crippen molar-refractivity contribution < 1.29 is 0 Å². The van der Waals surface area contributed by atoms with E-state index in [1.54, 1.807) is 6.08 Å². The van der Waals surface area contributed by atoms with E-state index in [0.29, 0.717) is 0 Å². The second-order valence-electron chi connectivity index (χ2n) is 4.40. The van der Waals surface area contributed by atoms with Crippen LogP contribution in [0.4, 0.5) is 0 Å². The molecular weight excluding hydrogens is 214 g/mol. The minimum Gasteiger partial charge on any atom is -0.113 e. The van der Waals surface area contributed by atoms with Crippen molar-refractivity contribution in [3.05, 3.63) is 10.6 Å². The molecule has 0 aromatic rings. The van der Waals surface area contributed by atoms with E-state index in [-0.39, 0.29) is 15.3 Å². The van der Waals surface area contributed by atoms with Crippen molar-refractivity contribution in [3.8, 4) is 0 Å². The Hall–Kier alpha value is 0.610. The Morgan fingerprint density at radius 3 is 1.42 bits per heavy atom. The smallest absolute Gasteiger partial charge is 0.104 e. The van der Waals surface area contributed by atoms with Crippen LogP contribution in [0.1, 0.15) is 27.7 Å². The molecule has 0 unspecified atom stereocenters. The topological polar surface area (TPSA) is 0 Å². The fraction of sp³-hybridized carbons (Fsp3) is 0.778. The van der Waals surface area contributed by atoms with E-state index in [0.717, 1.165) is 0 Å². The van der Waals surface area contributed by atoms with Crippen molar-refractivity contribution in [2.75, 3.05) is 0 Å². The summed E-state index contributed by atoms with van der Waals surface area (Å²) in [6.07, 6.45) is 1.73. The Morgan fingerprint density at radius 2 is 1.33 bits per heavy atom. The van der Waals surface area contributed by atoms with Gasteiger partial charge in [0.2, 0.25) is 0 Å². The molecule has 70 valence electrons. The van der Waals surface area contributed by atoms with Crippen LogP contribution in [-0.4, -0.2) is 4.87 Å². The fourth-order valence-corrected chi connectivity index (χ4v) is 2.77. The number of allylic oxidation sites excluding steroid dienone is 1. The van der Waals surface area contributed by atoms with Crippen LogP contribution >= 0.6 is 34.8 Å². The highest BCUT2D eigenvalue weighted by atomic mass is 35.5. The third-order valence-corrected chi connectivity index (χ3v) is 4.90. The maximum absolute atomic E-state index is 6.38. The molecule has 3 heteroatoms. The van der Waals surface area contributed by atoms with Crippen LogP contribution in [-0.2, 0) is 0 Å². The van der Waals surface area contributed by atoms with Gasteiger partial charge >= 0.3 is 0 Å². The highest BCUT2D eigenvalue weighted by Gasteiger charge is 2.75. The molecule has 0 nitrogen and oxygen atoms in total. The number of hydrogen-bond donors (Lipinski definition) is 0. The van der Waals surface area contributed by atoms with Gasteiger partial charge in [0, 0.05) is 0 Å². The van der Waals surface area contributed by atoms with Crippen LogP contribution in [0.2, 0.25) is 0 Å². The fourth-order valence-electron chi connectivity index (χ4n) is 1.80. The molecule has 0 aliphatic heterocycles. The molecule has 0 saturated heterocycles. The zero-order valence-electron chi connectivity index (χ0n) is 7.71. The zero-order chi connectivity index (χ0) is 9.78. The second-order valence-corrected chi connectivity index (χ2v) is 6.00. The normalized spacial score (nSPS) is 27.9. The summed E-state index contributed by atoms with van der Waals surface area (Å²) in [5.74, 6) is 0. The first-order chi connectivity index (χ1) is 5.17. The first-order valence-corrected chi connectivity index (χ1v) is 5.03. The summed E-state index contributed by atoms with van der Waals surface area (Å²) in [5.41, 5.74) is 0.104. The summed E-state index contributed by atoms with van der Waals surface area (Å²) >= 11 is 17.6. The molecule has 0 amide bonds. The lowest BCUT2D eigenvalue weighted by Crippen LogP contribution is -2.04. The van der Waals surface area contributed by atoms with Crippen molar-refractivity contribution in [2.45, 2.75) is 32.6 Å². The summed E-state index contributed by atoms with van der Waals surface area (Å²) in [5, 5.41) is 0. The highest BCUT2D eigenvalue weighted by Crippen LogP contribution is 2.76. The minimum absolute atomic E-state index is 0.0522. The zero-order valence-corrected chi connectivity index (χ0v) is 9.98. The predicted molar refractivity (Wildman–Crippen MR) is 55.9 cm³/mol. The van der Waals surface area contributed by atoms with Gasteiger partial charge in [-0.2, -0.15) is 0 Å². The monoisotopic (exact) mass is 226 g/mol. The number of rotatable bonds is 1. The van der Waals surface area contributed by atoms with E-state index in [4.69, 9.17) is 34.8 Å². The van der Waals surface area contributed by atoms with Crippen molar-refractivity contribution in [2.24, 2.45) is 10.8 Å². The molecule has 1 aliphatic rings. The molecule has 0 aromatic heterocycles. The van der Waals surface area contributed by atoms with Crippen molar-refractivity contribution in [1.82, 2.24) is 0 Å². The van der Waals surface area contributed by atoms with E-state index in [1.165, 1.54) is 0 Å². The van der Waals surface area contributed by atoms with Gasteiger partial charge in [-0.1, -0.05) is 50.9 Å².